The number of hydrogen-bond donors (Lipinski definition) is 2. The van der Waals surface area contributed by atoms with E-state index >= 15 is 0 Å². The molecule has 8 heteroatoms. The van der Waals surface area contributed by atoms with Gasteiger partial charge in [-0.15, -0.1) is 0 Å². The maximum absolute atomic E-state index is 13.6. The topological polar surface area (TPSA) is 87.3 Å². The highest BCUT2D eigenvalue weighted by molar-refractivity contribution is 5.94. The predicted molar refractivity (Wildman–Crippen MR) is 89.9 cm³/mol. The molecule has 4 rings (SSSR count). The third-order valence-corrected chi connectivity index (χ3v) is 4.88. The summed E-state index contributed by atoms with van der Waals surface area (Å²) in [5, 5.41) is 9.68. The van der Waals surface area contributed by atoms with E-state index in [4.69, 9.17) is 4.74 Å². The lowest BCUT2D eigenvalue weighted by molar-refractivity contribution is -0.121. The SMILES string of the molecule is O=C1C[C@H]2CC[C@@H](CN1)N2C(=O)c1cc(COc2ccccc2F)[nH]n1. The summed E-state index contributed by atoms with van der Waals surface area (Å²) in [5.41, 5.74) is 0.858. The van der Waals surface area contributed by atoms with Crippen LogP contribution in [0.15, 0.2) is 30.3 Å². The van der Waals surface area contributed by atoms with Crippen molar-refractivity contribution in [1.82, 2.24) is 20.4 Å². The average molecular weight is 358 g/mol. The summed E-state index contributed by atoms with van der Waals surface area (Å²) in [6.07, 6.45) is 2.04. The number of fused-ring (bicyclic) bond motifs is 2. The largest absolute Gasteiger partial charge is 0.484 e. The Balaban J connectivity index is 1.45. The minimum Gasteiger partial charge on any atom is -0.484 e. The fourth-order valence-electron chi connectivity index (χ4n) is 3.61. The summed E-state index contributed by atoms with van der Waals surface area (Å²) in [5.74, 6) is -0.509. The van der Waals surface area contributed by atoms with E-state index < -0.39 is 5.82 Å². The van der Waals surface area contributed by atoms with Gasteiger partial charge in [-0.1, -0.05) is 12.1 Å². The van der Waals surface area contributed by atoms with E-state index in [9.17, 15) is 14.0 Å². The quantitative estimate of drug-likeness (QED) is 0.869. The van der Waals surface area contributed by atoms with Crippen molar-refractivity contribution in [2.45, 2.75) is 38.0 Å². The zero-order valence-electron chi connectivity index (χ0n) is 14.1. The number of aromatic amines is 1. The number of carbonyl (C=O) groups is 2. The van der Waals surface area contributed by atoms with Crippen LogP contribution in [0.2, 0.25) is 0 Å². The van der Waals surface area contributed by atoms with Gasteiger partial charge in [-0.05, 0) is 31.0 Å². The van der Waals surface area contributed by atoms with E-state index in [1.807, 2.05) is 0 Å². The second-order valence-electron chi connectivity index (χ2n) is 6.60. The van der Waals surface area contributed by atoms with Crippen LogP contribution < -0.4 is 10.1 Å². The second-order valence-corrected chi connectivity index (χ2v) is 6.60. The molecule has 2 saturated heterocycles. The number of carbonyl (C=O) groups excluding carboxylic acids is 2. The van der Waals surface area contributed by atoms with Crippen molar-refractivity contribution in [3.63, 3.8) is 0 Å². The molecule has 136 valence electrons. The number of nitrogens with zero attached hydrogens (tertiary/aromatic N) is 2. The Morgan fingerprint density at radius 1 is 1.31 bits per heavy atom. The third kappa shape index (κ3) is 3.14. The summed E-state index contributed by atoms with van der Waals surface area (Å²) in [6.45, 7) is 0.558. The van der Waals surface area contributed by atoms with Crippen LogP contribution >= 0.6 is 0 Å². The third-order valence-electron chi connectivity index (χ3n) is 4.88. The second kappa shape index (κ2) is 6.78. The van der Waals surface area contributed by atoms with E-state index in [0.29, 0.717) is 18.7 Å². The van der Waals surface area contributed by atoms with Gasteiger partial charge in [-0.2, -0.15) is 5.10 Å². The first-order chi connectivity index (χ1) is 12.6. The molecule has 2 aliphatic heterocycles. The molecule has 2 aliphatic rings. The Morgan fingerprint density at radius 2 is 2.12 bits per heavy atom. The van der Waals surface area contributed by atoms with Crippen LogP contribution in [0.25, 0.3) is 0 Å². The molecular weight excluding hydrogens is 339 g/mol. The van der Waals surface area contributed by atoms with E-state index in [0.717, 1.165) is 12.8 Å². The van der Waals surface area contributed by atoms with Gasteiger partial charge in [0.1, 0.15) is 6.61 Å². The monoisotopic (exact) mass is 358 g/mol. The molecule has 3 heterocycles. The molecule has 1 aromatic carbocycles. The number of halogens is 1. The predicted octanol–water partition coefficient (Wildman–Crippen LogP) is 1.62. The molecule has 2 atom stereocenters. The molecule has 2 bridgehead atoms. The Bertz CT molecular complexity index is 837. The lowest BCUT2D eigenvalue weighted by Crippen LogP contribution is -2.42. The van der Waals surface area contributed by atoms with E-state index in [1.165, 1.54) is 12.1 Å². The number of nitrogens with one attached hydrogen (secondary N) is 2. The summed E-state index contributed by atoms with van der Waals surface area (Å²) in [6, 6.07) is 7.68. The van der Waals surface area contributed by atoms with Gasteiger partial charge in [0.05, 0.1) is 5.69 Å². The number of rotatable bonds is 4. The molecule has 26 heavy (non-hydrogen) atoms. The van der Waals surface area contributed by atoms with Crippen molar-refractivity contribution in [3.8, 4) is 5.75 Å². The zero-order chi connectivity index (χ0) is 18.1. The van der Waals surface area contributed by atoms with E-state index in [1.54, 1.807) is 23.1 Å². The number of ether oxygens (including phenoxy) is 1. The summed E-state index contributed by atoms with van der Waals surface area (Å²) in [7, 11) is 0. The van der Waals surface area contributed by atoms with Gasteiger partial charge in [0.25, 0.3) is 5.91 Å². The van der Waals surface area contributed by atoms with Crippen LogP contribution in [0, 0.1) is 5.82 Å². The van der Waals surface area contributed by atoms with Gasteiger partial charge in [0.15, 0.2) is 17.3 Å². The Kier molecular flexibility index (Phi) is 4.32. The maximum Gasteiger partial charge on any atom is 0.274 e. The first kappa shape index (κ1) is 16.6. The molecule has 0 saturated carbocycles. The number of amides is 2. The molecule has 7 nitrogen and oxygen atoms in total. The molecule has 2 N–H and O–H groups in total. The average Bonchev–Trinajstić information content (AvgIpc) is 3.21. The molecule has 1 aromatic heterocycles. The lowest BCUT2D eigenvalue weighted by Gasteiger charge is -2.26. The number of hydrogen-bond acceptors (Lipinski definition) is 4. The first-order valence-electron chi connectivity index (χ1n) is 8.63. The smallest absolute Gasteiger partial charge is 0.274 e. The van der Waals surface area contributed by atoms with Crippen LogP contribution in [0.1, 0.15) is 35.4 Å². The maximum atomic E-state index is 13.6. The lowest BCUT2D eigenvalue weighted by atomic mass is 10.1. The minimum absolute atomic E-state index is 0.00812. The fourth-order valence-corrected chi connectivity index (χ4v) is 3.61. The van der Waals surface area contributed by atoms with E-state index in [2.05, 4.69) is 15.5 Å². The normalized spacial score (nSPS) is 22.0. The highest BCUT2D eigenvalue weighted by Gasteiger charge is 2.41. The summed E-state index contributed by atoms with van der Waals surface area (Å²) < 4.78 is 19.0. The highest BCUT2D eigenvalue weighted by atomic mass is 19.1. The minimum atomic E-state index is -0.443. The van der Waals surface area contributed by atoms with Gasteiger partial charge in [-0.25, -0.2) is 4.39 Å². The van der Waals surface area contributed by atoms with Crippen molar-refractivity contribution in [2.75, 3.05) is 6.54 Å². The van der Waals surface area contributed by atoms with Crippen molar-refractivity contribution in [3.05, 3.63) is 47.5 Å². The molecule has 2 fully saturated rings. The van der Waals surface area contributed by atoms with Crippen LogP contribution in [-0.4, -0.2) is 45.5 Å². The van der Waals surface area contributed by atoms with E-state index in [-0.39, 0.29) is 41.9 Å². The molecule has 2 aromatic rings. The number of H-pyrrole nitrogens is 1. The molecule has 0 unspecified atom stereocenters. The number of aromatic nitrogens is 2. The van der Waals surface area contributed by atoms with Crippen molar-refractivity contribution < 1.29 is 18.7 Å². The Hall–Kier alpha value is -2.90. The standard InChI is InChI=1S/C18H19FN4O3/c19-14-3-1-2-4-16(14)26-10-11-7-15(22-21-11)18(25)23-12-5-6-13(23)9-20-17(24)8-12/h1-4,7,12-13H,5-6,8-10H2,(H,20,24)(H,21,22)/t12-,13+/m1/s1. The van der Waals surface area contributed by atoms with Crippen molar-refractivity contribution in [2.24, 2.45) is 0 Å². The summed E-state index contributed by atoms with van der Waals surface area (Å²) >= 11 is 0. The molecular formula is C18H19FN4O3. The molecule has 0 aliphatic carbocycles. The van der Waals surface area contributed by atoms with Crippen molar-refractivity contribution in [1.29, 1.82) is 0 Å². The van der Waals surface area contributed by atoms with Gasteiger partial charge in [0, 0.05) is 25.0 Å². The van der Waals surface area contributed by atoms with Crippen LogP contribution in [0.3, 0.4) is 0 Å². The molecule has 2 amide bonds. The number of para-hydroxylation sites is 1. The van der Waals surface area contributed by atoms with Gasteiger partial charge in [0.2, 0.25) is 5.91 Å². The van der Waals surface area contributed by atoms with Crippen LogP contribution in [0.5, 0.6) is 5.75 Å². The van der Waals surface area contributed by atoms with Gasteiger partial charge >= 0.3 is 0 Å². The highest BCUT2D eigenvalue weighted by Crippen LogP contribution is 2.29. The van der Waals surface area contributed by atoms with Gasteiger partial charge < -0.3 is 15.0 Å². The van der Waals surface area contributed by atoms with Crippen LogP contribution in [0.4, 0.5) is 4.39 Å². The Labute approximate surface area is 149 Å². The van der Waals surface area contributed by atoms with Gasteiger partial charge in [-0.3, -0.25) is 14.7 Å². The van der Waals surface area contributed by atoms with Crippen molar-refractivity contribution >= 4 is 11.8 Å². The molecule has 0 radical (unpaired) electrons. The first-order valence-corrected chi connectivity index (χ1v) is 8.63. The molecule has 0 spiro atoms. The fraction of sp³-hybridized carbons (Fsp3) is 0.389. The van der Waals surface area contributed by atoms with Crippen LogP contribution in [-0.2, 0) is 11.4 Å². The number of benzene rings is 1. The summed E-state index contributed by atoms with van der Waals surface area (Å²) in [4.78, 5) is 26.3. The Morgan fingerprint density at radius 3 is 2.96 bits per heavy atom. The zero-order valence-corrected chi connectivity index (χ0v) is 14.1.